The molecule has 3 fully saturated rings. The topological polar surface area (TPSA) is 108 Å². The van der Waals surface area contributed by atoms with Crippen LogP contribution >= 0.6 is 11.3 Å². The van der Waals surface area contributed by atoms with Gasteiger partial charge in [-0.3, -0.25) is 0 Å². The molecule has 3 aliphatic rings. The Morgan fingerprint density at radius 1 is 0.854 bits per heavy atom. The number of nitrogens with one attached hydrogen (secondary N) is 3. The molecule has 8 nitrogen and oxygen atoms in total. The molecule has 0 amide bonds. The summed E-state index contributed by atoms with van der Waals surface area (Å²) in [6, 6.07) is 10.6. The molecule has 5 heterocycles. The highest BCUT2D eigenvalue weighted by molar-refractivity contribution is 7.21. The lowest BCUT2D eigenvalue weighted by Crippen LogP contribution is -2.34. The van der Waals surface area contributed by atoms with Crippen LogP contribution in [0.5, 0.6) is 5.75 Å². The van der Waals surface area contributed by atoms with Crippen molar-refractivity contribution < 1.29 is 14.6 Å². The van der Waals surface area contributed by atoms with Crippen LogP contribution in [-0.2, 0) is 0 Å². The number of piperidine rings is 3. The highest BCUT2D eigenvalue weighted by Gasteiger charge is 2.27. The Morgan fingerprint density at radius 3 is 2.20 bits per heavy atom. The number of thiazole rings is 1. The summed E-state index contributed by atoms with van der Waals surface area (Å²) in [5.74, 6) is 0.622. The monoisotopic (exact) mass is 571 g/mol. The first-order chi connectivity index (χ1) is 20.2. The standard InChI is InChI=1S/C32H37N5O3S/c38-32(39)27-17-24-23(20-6-12-34-13-7-20)16-25(30(26(24)18-36-27)40-21-8-14-35-15-9-21)31-37-29-22(2-1-3-28(29)41-31)19-4-10-33-11-5-19/h1-3,16-21,33-35H,4-15H2,(H,38,39). The lowest BCUT2D eigenvalue weighted by Gasteiger charge is -2.28. The Bertz CT molecular complexity index is 1570. The van der Waals surface area contributed by atoms with Gasteiger partial charge in [0, 0.05) is 11.6 Å². The quantitative estimate of drug-likeness (QED) is 0.248. The molecule has 0 radical (unpaired) electrons. The molecule has 0 bridgehead atoms. The van der Waals surface area contributed by atoms with E-state index in [1.54, 1.807) is 23.6 Å². The number of carboxylic acids is 1. The zero-order valence-electron chi connectivity index (χ0n) is 23.2. The minimum Gasteiger partial charge on any atom is -0.489 e. The SMILES string of the molecule is O=C(O)c1cc2c(C3CCNCC3)cc(-c3nc4c(C5CCNCC5)cccc4s3)c(OC3CCNCC3)c2cn1. The van der Waals surface area contributed by atoms with E-state index >= 15 is 0 Å². The maximum atomic E-state index is 12.0. The van der Waals surface area contributed by atoms with Gasteiger partial charge in [-0.25, -0.2) is 14.8 Å². The Balaban J connectivity index is 1.43. The summed E-state index contributed by atoms with van der Waals surface area (Å²) in [7, 11) is 0. The van der Waals surface area contributed by atoms with Crippen LogP contribution in [0, 0.1) is 0 Å². The smallest absolute Gasteiger partial charge is 0.354 e. The van der Waals surface area contributed by atoms with E-state index in [1.165, 1.54) is 15.8 Å². The third-order valence-electron chi connectivity index (χ3n) is 9.03. The van der Waals surface area contributed by atoms with Gasteiger partial charge in [-0.2, -0.15) is 0 Å². The summed E-state index contributed by atoms with van der Waals surface area (Å²) in [5.41, 5.74) is 4.71. The number of para-hydroxylation sites is 1. The van der Waals surface area contributed by atoms with Crippen LogP contribution in [0.4, 0.5) is 0 Å². The molecule has 214 valence electrons. The molecule has 9 heteroatoms. The summed E-state index contributed by atoms with van der Waals surface area (Å²) in [6.07, 6.45) is 7.93. The summed E-state index contributed by atoms with van der Waals surface area (Å²) in [6.45, 7) is 5.84. The van der Waals surface area contributed by atoms with Gasteiger partial charge in [0.15, 0.2) is 0 Å². The van der Waals surface area contributed by atoms with Gasteiger partial charge in [-0.1, -0.05) is 12.1 Å². The molecule has 0 spiro atoms. The number of hydrogen-bond acceptors (Lipinski definition) is 8. The van der Waals surface area contributed by atoms with Gasteiger partial charge < -0.3 is 25.8 Å². The first-order valence-corrected chi connectivity index (χ1v) is 15.9. The van der Waals surface area contributed by atoms with Crippen LogP contribution in [0.1, 0.15) is 72.0 Å². The fourth-order valence-corrected chi connectivity index (χ4v) is 7.83. The number of nitrogens with zero attached hydrogens (tertiary/aromatic N) is 2. The number of benzene rings is 2. The molecule has 0 saturated carbocycles. The fraction of sp³-hybridized carbons (Fsp3) is 0.469. The summed E-state index contributed by atoms with van der Waals surface area (Å²) in [5, 5.41) is 23.0. The van der Waals surface area contributed by atoms with Crippen molar-refractivity contribution in [3.05, 3.63) is 53.3 Å². The minimum atomic E-state index is -1.01. The predicted molar refractivity (Wildman–Crippen MR) is 164 cm³/mol. The Morgan fingerprint density at radius 2 is 1.51 bits per heavy atom. The molecule has 2 aromatic carbocycles. The van der Waals surface area contributed by atoms with Gasteiger partial charge in [-0.05, 0) is 124 Å². The molecule has 7 rings (SSSR count). The van der Waals surface area contributed by atoms with E-state index < -0.39 is 5.97 Å². The number of pyridine rings is 1. The van der Waals surface area contributed by atoms with Crippen LogP contribution in [0.2, 0.25) is 0 Å². The molecule has 4 aromatic rings. The van der Waals surface area contributed by atoms with Crippen LogP contribution in [0.25, 0.3) is 31.6 Å². The van der Waals surface area contributed by atoms with Crippen LogP contribution in [-0.4, -0.2) is 66.4 Å². The highest BCUT2D eigenvalue weighted by Crippen LogP contribution is 2.46. The number of carboxylic acid groups (broad SMARTS) is 1. The zero-order valence-corrected chi connectivity index (χ0v) is 24.1. The maximum Gasteiger partial charge on any atom is 0.354 e. The molecule has 41 heavy (non-hydrogen) atoms. The van der Waals surface area contributed by atoms with E-state index in [1.807, 2.05) is 0 Å². The molecule has 4 N–H and O–H groups in total. The van der Waals surface area contributed by atoms with Crippen molar-refractivity contribution in [2.24, 2.45) is 0 Å². The largest absolute Gasteiger partial charge is 0.489 e. The van der Waals surface area contributed by atoms with E-state index in [4.69, 9.17) is 9.72 Å². The van der Waals surface area contributed by atoms with Gasteiger partial charge in [0.1, 0.15) is 22.6 Å². The second-order valence-corrected chi connectivity index (χ2v) is 12.6. The normalized spacial score (nSPS) is 19.6. The van der Waals surface area contributed by atoms with E-state index in [-0.39, 0.29) is 11.8 Å². The molecule has 2 aromatic heterocycles. The van der Waals surface area contributed by atoms with Crippen molar-refractivity contribution in [1.29, 1.82) is 0 Å². The Kier molecular flexibility index (Phi) is 7.60. The van der Waals surface area contributed by atoms with Crippen LogP contribution in [0.3, 0.4) is 0 Å². The van der Waals surface area contributed by atoms with Gasteiger partial charge >= 0.3 is 5.97 Å². The van der Waals surface area contributed by atoms with Gasteiger partial charge in [0.05, 0.1) is 15.8 Å². The lowest BCUT2D eigenvalue weighted by atomic mass is 9.85. The predicted octanol–water partition coefficient (Wildman–Crippen LogP) is 5.27. The van der Waals surface area contributed by atoms with Crippen LogP contribution < -0.4 is 20.7 Å². The second kappa shape index (κ2) is 11.6. The molecule has 3 saturated heterocycles. The van der Waals surface area contributed by atoms with Crippen molar-refractivity contribution in [2.45, 2.75) is 56.5 Å². The van der Waals surface area contributed by atoms with E-state index in [0.29, 0.717) is 11.8 Å². The van der Waals surface area contributed by atoms with Gasteiger partial charge in [-0.15, -0.1) is 11.3 Å². The number of rotatable bonds is 6. The molecule has 0 unspecified atom stereocenters. The summed E-state index contributed by atoms with van der Waals surface area (Å²) >= 11 is 1.73. The number of carbonyl (C=O) groups is 1. The summed E-state index contributed by atoms with van der Waals surface area (Å²) in [4.78, 5) is 21.7. The Labute approximate surface area is 243 Å². The average molecular weight is 572 g/mol. The third kappa shape index (κ3) is 5.32. The second-order valence-electron chi connectivity index (χ2n) is 11.6. The molecular formula is C32H37N5O3S. The maximum absolute atomic E-state index is 12.0. The number of aromatic carboxylic acids is 1. The molecular weight excluding hydrogens is 534 g/mol. The van der Waals surface area contributed by atoms with Crippen molar-refractivity contribution in [1.82, 2.24) is 25.9 Å². The van der Waals surface area contributed by atoms with E-state index in [2.05, 4.69) is 45.2 Å². The Hall–Kier alpha value is -3.11. The zero-order chi connectivity index (χ0) is 27.8. The van der Waals surface area contributed by atoms with E-state index in [9.17, 15) is 9.90 Å². The number of hydrogen-bond donors (Lipinski definition) is 4. The fourth-order valence-electron chi connectivity index (χ4n) is 6.82. The van der Waals surface area contributed by atoms with E-state index in [0.717, 1.165) is 110 Å². The number of ether oxygens (including phenoxy) is 1. The van der Waals surface area contributed by atoms with Crippen molar-refractivity contribution in [2.75, 3.05) is 39.3 Å². The molecule has 0 aliphatic carbocycles. The minimum absolute atomic E-state index is 0.0693. The van der Waals surface area contributed by atoms with Gasteiger partial charge in [0.2, 0.25) is 0 Å². The average Bonchev–Trinajstić information content (AvgIpc) is 3.47. The van der Waals surface area contributed by atoms with Gasteiger partial charge in [0.25, 0.3) is 0 Å². The van der Waals surface area contributed by atoms with Crippen molar-refractivity contribution >= 4 is 38.3 Å². The highest BCUT2D eigenvalue weighted by atomic mass is 32.1. The molecule has 0 atom stereocenters. The first kappa shape index (κ1) is 26.8. The number of fused-ring (bicyclic) bond motifs is 2. The van der Waals surface area contributed by atoms with Crippen molar-refractivity contribution in [3.8, 4) is 16.3 Å². The molecule has 3 aliphatic heterocycles. The first-order valence-electron chi connectivity index (χ1n) is 15.0. The third-order valence-corrected chi connectivity index (χ3v) is 10.1. The lowest BCUT2D eigenvalue weighted by molar-refractivity contribution is 0.0690. The number of aromatic nitrogens is 2. The summed E-state index contributed by atoms with van der Waals surface area (Å²) < 4.78 is 8.06. The van der Waals surface area contributed by atoms with Crippen molar-refractivity contribution in [3.63, 3.8) is 0 Å². The van der Waals surface area contributed by atoms with Crippen LogP contribution in [0.15, 0.2) is 36.5 Å².